The molecule has 0 radical (unpaired) electrons. The predicted molar refractivity (Wildman–Crippen MR) is 85.3 cm³/mol. The van der Waals surface area contributed by atoms with Crippen molar-refractivity contribution in [2.75, 3.05) is 11.1 Å². The fourth-order valence-corrected chi connectivity index (χ4v) is 2.31. The van der Waals surface area contributed by atoms with Crippen molar-refractivity contribution in [2.24, 2.45) is 0 Å². The molecular weight excluding hydrogens is 262 g/mol. The quantitative estimate of drug-likeness (QED) is 0.706. The lowest BCUT2D eigenvalue weighted by Gasteiger charge is -2.10. The number of benzene rings is 2. The minimum absolute atomic E-state index is 0.165. The molecule has 0 aliphatic heterocycles. The van der Waals surface area contributed by atoms with Gasteiger partial charge in [0.05, 0.1) is 16.8 Å². The highest BCUT2D eigenvalue weighted by Crippen LogP contribution is 2.24. The number of hydrogen-bond acceptors (Lipinski definition) is 3. The Kier molecular flexibility index (Phi) is 3.28. The smallest absolute Gasteiger partial charge is 0.256 e. The number of fused-ring (bicyclic) bond motifs is 1. The van der Waals surface area contributed by atoms with Crippen LogP contribution in [0.5, 0.6) is 0 Å². The lowest BCUT2D eigenvalue weighted by atomic mass is 10.1. The van der Waals surface area contributed by atoms with E-state index in [4.69, 9.17) is 5.73 Å². The Labute approximate surface area is 122 Å². The van der Waals surface area contributed by atoms with E-state index in [2.05, 4.69) is 10.3 Å². The number of rotatable bonds is 2. The molecule has 3 aromatic rings. The zero-order valence-electron chi connectivity index (χ0n) is 11.6. The number of pyridine rings is 1. The summed E-state index contributed by atoms with van der Waals surface area (Å²) >= 11 is 0. The van der Waals surface area contributed by atoms with Crippen molar-refractivity contribution in [1.29, 1.82) is 0 Å². The summed E-state index contributed by atoms with van der Waals surface area (Å²) in [7, 11) is 0. The van der Waals surface area contributed by atoms with Crippen molar-refractivity contribution >= 4 is 28.2 Å². The van der Waals surface area contributed by atoms with Gasteiger partial charge >= 0.3 is 0 Å². The third-order valence-corrected chi connectivity index (χ3v) is 3.28. The van der Waals surface area contributed by atoms with Crippen molar-refractivity contribution in [1.82, 2.24) is 4.98 Å². The van der Waals surface area contributed by atoms with Gasteiger partial charge in [-0.3, -0.25) is 9.78 Å². The van der Waals surface area contributed by atoms with Gasteiger partial charge < -0.3 is 11.1 Å². The van der Waals surface area contributed by atoms with Crippen LogP contribution in [0.25, 0.3) is 10.9 Å². The Morgan fingerprint density at radius 1 is 1.10 bits per heavy atom. The lowest BCUT2D eigenvalue weighted by molar-refractivity contribution is 0.102. The van der Waals surface area contributed by atoms with Crippen LogP contribution in [0.15, 0.2) is 54.6 Å². The SMILES string of the molecule is Cc1cc(C(=O)Nc2ccccc2)c2cccc(N)c2n1. The number of carbonyl (C=O) groups excluding carboxylic acids is 1. The van der Waals surface area contributed by atoms with Gasteiger partial charge in [0.25, 0.3) is 5.91 Å². The van der Waals surface area contributed by atoms with E-state index < -0.39 is 0 Å². The van der Waals surface area contributed by atoms with E-state index >= 15 is 0 Å². The number of nitrogens with one attached hydrogen (secondary N) is 1. The largest absolute Gasteiger partial charge is 0.397 e. The molecule has 1 aromatic heterocycles. The molecule has 0 fully saturated rings. The average Bonchev–Trinajstić information content (AvgIpc) is 2.48. The second kappa shape index (κ2) is 5.25. The van der Waals surface area contributed by atoms with Crippen molar-refractivity contribution in [3.63, 3.8) is 0 Å². The normalized spacial score (nSPS) is 10.5. The van der Waals surface area contributed by atoms with Crippen molar-refractivity contribution in [3.05, 3.63) is 65.9 Å². The Hall–Kier alpha value is -2.88. The van der Waals surface area contributed by atoms with E-state index in [0.717, 1.165) is 16.8 Å². The molecule has 21 heavy (non-hydrogen) atoms. The minimum atomic E-state index is -0.165. The van der Waals surface area contributed by atoms with Crippen LogP contribution >= 0.6 is 0 Å². The molecule has 3 N–H and O–H groups in total. The predicted octanol–water partition coefficient (Wildman–Crippen LogP) is 3.38. The summed E-state index contributed by atoms with van der Waals surface area (Å²) in [5.41, 5.74) is 9.29. The maximum absolute atomic E-state index is 12.5. The molecule has 2 aromatic carbocycles. The molecule has 0 unspecified atom stereocenters. The number of amides is 1. The van der Waals surface area contributed by atoms with Crippen LogP contribution in [0.2, 0.25) is 0 Å². The molecule has 3 rings (SSSR count). The number of aromatic nitrogens is 1. The van der Waals surface area contributed by atoms with Crippen molar-refractivity contribution in [2.45, 2.75) is 6.92 Å². The van der Waals surface area contributed by atoms with Gasteiger partial charge in [-0.15, -0.1) is 0 Å². The van der Waals surface area contributed by atoms with Crippen molar-refractivity contribution in [3.8, 4) is 0 Å². The average molecular weight is 277 g/mol. The van der Waals surface area contributed by atoms with E-state index in [1.807, 2.05) is 49.4 Å². The first kappa shape index (κ1) is 13.1. The van der Waals surface area contributed by atoms with Crippen LogP contribution in [0.4, 0.5) is 11.4 Å². The number of nitrogens with zero attached hydrogens (tertiary/aromatic N) is 1. The molecule has 4 nitrogen and oxygen atoms in total. The highest BCUT2D eigenvalue weighted by atomic mass is 16.1. The number of nitrogen functional groups attached to an aromatic ring is 1. The molecule has 0 aliphatic rings. The summed E-state index contributed by atoms with van der Waals surface area (Å²) in [6.45, 7) is 1.85. The van der Waals surface area contributed by atoms with E-state index in [9.17, 15) is 4.79 Å². The summed E-state index contributed by atoms with van der Waals surface area (Å²) < 4.78 is 0. The fourth-order valence-electron chi connectivity index (χ4n) is 2.31. The summed E-state index contributed by atoms with van der Waals surface area (Å²) in [6, 6.07) is 16.6. The number of anilines is 2. The maximum atomic E-state index is 12.5. The third-order valence-electron chi connectivity index (χ3n) is 3.28. The summed E-state index contributed by atoms with van der Waals surface area (Å²) in [5, 5.41) is 3.65. The van der Waals surface area contributed by atoms with Gasteiger partial charge in [-0.05, 0) is 31.2 Å². The van der Waals surface area contributed by atoms with Crippen LogP contribution in [-0.4, -0.2) is 10.9 Å². The number of carbonyl (C=O) groups is 1. The second-order valence-corrected chi connectivity index (χ2v) is 4.87. The van der Waals surface area contributed by atoms with Crippen LogP contribution in [0.1, 0.15) is 16.1 Å². The zero-order chi connectivity index (χ0) is 14.8. The fraction of sp³-hybridized carbons (Fsp3) is 0.0588. The van der Waals surface area contributed by atoms with Crippen LogP contribution in [0, 0.1) is 6.92 Å². The maximum Gasteiger partial charge on any atom is 0.256 e. The monoisotopic (exact) mass is 277 g/mol. The number of para-hydroxylation sites is 2. The molecular formula is C17H15N3O. The highest BCUT2D eigenvalue weighted by Gasteiger charge is 2.13. The highest BCUT2D eigenvalue weighted by molar-refractivity contribution is 6.13. The molecule has 0 bridgehead atoms. The van der Waals surface area contributed by atoms with Gasteiger partial charge in [-0.2, -0.15) is 0 Å². The van der Waals surface area contributed by atoms with E-state index in [0.29, 0.717) is 16.8 Å². The Bertz CT molecular complexity index is 813. The first-order valence-electron chi connectivity index (χ1n) is 6.67. The minimum Gasteiger partial charge on any atom is -0.397 e. The Balaban J connectivity index is 2.07. The number of hydrogen-bond donors (Lipinski definition) is 2. The van der Waals surface area contributed by atoms with E-state index in [1.165, 1.54) is 0 Å². The third kappa shape index (κ3) is 2.56. The number of nitrogens with two attached hydrogens (primary N) is 1. The molecule has 104 valence electrons. The van der Waals surface area contributed by atoms with Crippen LogP contribution in [0.3, 0.4) is 0 Å². The molecule has 4 heteroatoms. The van der Waals surface area contributed by atoms with Gasteiger partial charge in [0.1, 0.15) is 0 Å². The van der Waals surface area contributed by atoms with E-state index in [-0.39, 0.29) is 5.91 Å². The Morgan fingerprint density at radius 3 is 2.62 bits per heavy atom. The first-order chi connectivity index (χ1) is 10.1. The molecule has 0 saturated heterocycles. The van der Waals surface area contributed by atoms with Gasteiger partial charge in [-0.25, -0.2) is 0 Å². The topological polar surface area (TPSA) is 68.0 Å². The van der Waals surface area contributed by atoms with Crippen LogP contribution in [-0.2, 0) is 0 Å². The van der Waals surface area contributed by atoms with Gasteiger partial charge in [0.2, 0.25) is 0 Å². The molecule has 0 saturated carbocycles. The van der Waals surface area contributed by atoms with Gasteiger partial charge in [-0.1, -0.05) is 30.3 Å². The molecule has 0 spiro atoms. The van der Waals surface area contributed by atoms with Gasteiger partial charge in [0.15, 0.2) is 0 Å². The molecule has 1 heterocycles. The van der Waals surface area contributed by atoms with E-state index in [1.54, 1.807) is 12.1 Å². The summed E-state index contributed by atoms with van der Waals surface area (Å²) in [5.74, 6) is -0.165. The second-order valence-electron chi connectivity index (χ2n) is 4.87. The summed E-state index contributed by atoms with van der Waals surface area (Å²) in [4.78, 5) is 16.9. The first-order valence-corrected chi connectivity index (χ1v) is 6.67. The van der Waals surface area contributed by atoms with Crippen molar-refractivity contribution < 1.29 is 4.79 Å². The number of aryl methyl sites for hydroxylation is 1. The van der Waals surface area contributed by atoms with Crippen LogP contribution < -0.4 is 11.1 Å². The standard InChI is InChI=1S/C17H15N3O/c1-11-10-14(13-8-5-9-15(18)16(13)19-11)17(21)20-12-6-3-2-4-7-12/h2-10H,18H2,1H3,(H,20,21). The lowest BCUT2D eigenvalue weighted by Crippen LogP contribution is -2.13. The van der Waals surface area contributed by atoms with Gasteiger partial charge in [0, 0.05) is 16.8 Å². The molecule has 1 amide bonds. The molecule has 0 aliphatic carbocycles. The molecule has 0 atom stereocenters. The summed E-state index contributed by atoms with van der Waals surface area (Å²) in [6.07, 6.45) is 0. The Morgan fingerprint density at radius 2 is 1.86 bits per heavy atom. The zero-order valence-corrected chi connectivity index (χ0v) is 11.6.